The lowest BCUT2D eigenvalue weighted by Crippen LogP contribution is -2.42. The van der Waals surface area contributed by atoms with Crippen LogP contribution in [0.5, 0.6) is 5.75 Å². The molecule has 1 atom stereocenters. The van der Waals surface area contributed by atoms with Gasteiger partial charge in [0.05, 0.1) is 6.54 Å². The topological polar surface area (TPSA) is 67.4 Å². The highest BCUT2D eigenvalue weighted by molar-refractivity contribution is 5.90. The fourth-order valence-electron chi connectivity index (χ4n) is 1.98. The van der Waals surface area contributed by atoms with E-state index in [2.05, 4.69) is 10.6 Å². The van der Waals surface area contributed by atoms with Crippen LogP contribution in [0.25, 0.3) is 0 Å². The lowest BCUT2D eigenvalue weighted by Gasteiger charge is -2.11. The Morgan fingerprint density at radius 2 is 2.37 bits per heavy atom. The predicted molar refractivity (Wildman–Crippen MR) is 70.8 cm³/mol. The molecule has 1 aliphatic heterocycles. The molecule has 1 saturated heterocycles. The maximum absolute atomic E-state index is 11.7. The fraction of sp³-hybridized carbons (Fsp3) is 0.429. The van der Waals surface area contributed by atoms with Crippen molar-refractivity contribution in [1.82, 2.24) is 10.6 Å². The molecule has 0 saturated carbocycles. The van der Waals surface area contributed by atoms with Gasteiger partial charge in [0.25, 0.3) is 0 Å². The maximum atomic E-state index is 11.7. The van der Waals surface area contributed by atoms with Crippen molar-refractivity contribution in [3.8, 4) is 5.75 Å². The summed E-state index contributed by atoms with van der Waals surface area (Å²) in [5, 5.41) is 5.38. The first kappa shape index (κ1) is 13.4. The van der Waals surface area contributed by atoms with Crippen molar-refractivity contribution in [2.45, 2.75) is 25.8 Å². The Morgan fingerprint density at radius 3 is 3.05 bits per heavy atom. The number of carbonyl (C=O) groups is 2. The molecule has 1 aromatic rings. The van der Waals surface area contributed by atoms with Crippen molar-refractivity contribution in [2.24, 2.45) is 0 Å². The monoisotopic (exact) mass is 262 g/mol. The van der Waals surface area contributed by atoms with E-state index in [1.54, 1.807) is 0 Å². The average molecular weight is 262 g/mol. The largest absolute Gasteiger partial charge is 0.492 e. The second-order valence-corrected chi connectivity index (χ2v) is 4.61. The van der Waals surface area contributed by atoms with Gasteiger partial charge in [-0.1, -0.05) is 12.1 Å². The van der Waals surface area contributed by atoms with E-state index in [1.807, 2.05) is 31.2 Å². The number of amides is 2. The van der Waals surface area contributed by atoms with Gasteiger partial charge in [0, 0.05) is 6.42 Å². The normalized spacial score (nSPS) is 17.9. The molecule has 1 heterocycles. The summed E-state index contributed by atoms with van der Waals surface area (Å²) in [4.78, 5) is 22.7. The zero-order valence-electron chi connectivity index (χ0n) is 10.9. The molecule has 102 valence electrons. The molecule has 1 fully saturated rings. The van der Waals surface area contributed by atoms with Crippen LogP contribution >= 0.6 is 0 Å². The van der Waals surface area contributed by atoms with Gasteiger partial charge in [-0.3, -0.25) is 9.59 Å². The first-order valence-corrected chi connectivity index (χ1v) is 6.42. The Balaban J connectivity index is 1.66. The summed E-state index contributed by atoms with van der Waals surface area (Å²) in [6.45, 7) is 2.84. The van der Waals surface area contributed by atoms with Crippen LogP contribution in [-0.4, -0.2) is 31.0 Å². The van der Waals surface area contributed by atoms with Crippen LogP contribution in [0.15, 0.2) is 24.3 Å². The van der Waals surface area contributed by atoms with E-state index in [-0.39, 0.29) is 17.9 Å². The molecule has 1 unspecified atom stereocenters. The zero-order chi connectivity index (χ0) is 13.7. The van der Waals surface area contributed by atoms with Gasteiger partial charge >= 0.3 is 0 Å². The van der Waals surface area contributed by atoms with Gasteiger partial charge in [-0.25, -0.2) is 0 Å². The molecule has 2 amide bonds. The molecule has 2 N–H and O–H groups in total. The molecule has 0 bridgehead atoms. The van der Waals surface area contributed by atoms with Gasteiger partial charge < -0.3 is 15.4 Å². The Hall–Kier alpha value is -2.04. The van der Waals surface area contributed by atoms with E-state index in [0.29, 0.717) is 26.0 Å². The third-order valence-corrected chi connectivity index (χ3v) is 2.97. The lowest BCUT2D eigenvalue weighted by molar-refractivity contribution is -0.125. The number of carbonyl (C=O) groups excluding carboxylic acids is 2. The molecular weight excluding hydrogens is 244 g/mol. The molecule has 0 spiro atoms. The maximum Gasteiger partial charge on any atom is 0.242 e. The molecule has 0 radical (unpaired) electrons. The summed E-state index contributed by atoms with van der Waals surface area (Å²) >= 11 is 0. The minimum Gasteiger partial charge on any atom is -0.492 e. The van der Waals surface area contributed by atoms with Gasteiger partial charge in [-0.15, -0.1) is 0 Å². The molecule has 2 rings (SSSR count). The highest BCUT2D eigenvalue weighted by atomic mass is 16.5. The SMILES string of the molecule is Cc1cccc(OCCNC(=O)C2CCC(=O)N2)c1. The minimum atomic E-state index is -0.383. The van der Waals surface area contributed by atoms with Crippen LogP contribution in [0.1, 0.15) is 18.4 Å². The Kier molecular flexibility index (Phi) is 4.39. The number of ether oxygens (including phenoxy) is 1. The van der Waals surface area contributed by atoms with E-state index < -0.39 is 0 Å². The van der Waals surface area contributed by atoms with E-state index in [9.17, 15) is 9.59 Å². The summed E-state index contributed by atoms with van der Waals surface area (Å²) in [7, 11) is 0. The number of nitrogens with one attached hydrogen (secondary N) is 2. The van der Waals surface area contributed by atoms with Crippen molar-refractivity contribution >= 4 is 11.8 Å². The van der Waals surface area contributed by atoms with Gasteiger partial charge in [0.2, 0.25) is 11.8 Å². The summed E-state index contributed by atoms with van der Waals surface area (Å²) in [5.74, 6) is 0.596. The van der Waals surface area contributed by atoms with Crippen LogP contribution in [-0.2, 0) is 9.59 Å². The molecule has 0 aliphatic carbocycles. The molecule has 5 heteroatoms. The number of hydrogen-bond acceptors (Lipinski definition) is 3. The summed E-state index contributed by atoms with van der Waals surface area (Å²) in [6.07, 6.45) is 1.00. The molecule has 5 nitrogen and oxygen atoms in total. The molecule has 0 aromatic heterocycles. The van der Waals surface area contributed by atoms with Crippen molar-refractivity contribution < 1.29 is 14.3 Å². The minimum absolute atomic E-state index is 0.0591. The number of rotatable bonds is 5. The average Bonchev–Trinajstić information content (AvgIpc) is 2.81. The second-order valence-electron chi connectivity index (χ2n) is 4.61. The predicted octanol–water partition coefficient (Wildman–Crippen LogP) is 0.769. The zero-order valence-corrected chi connectivity index (χ0v) is 10.9. The third kappa shape index (κ3) is 3.98. The summed E-state index contributed by atoms with van der Waals surface area (Å²) < 4.78 is 5.52. The Bertz CT molecular complexity index is 474. The third-order valence-electron chi connectivity index (χ3n) is 2.97. The van der Waals surface area contributed by atoms with E-state index in [1.165, 1.54) is 0 Å². The Morgan fingerprint density at radius 1 is 1.53 bits per heavy atom. The molecule has 1 aliphatic rings. The molecule has 1 aromatic carbocycles. The van der Waals surface area contributed by atoms with Crippen LogP contribution < -0.4 is 15.4 Å². The van der Waals surface area contributed by atoms with Gasteiger partial charge in [-0.05, 0) is 31.0 Å². The van der Waals surface area contributed by atoms with Crippen LogP contribution in [0.2, 0.25) is 0 Å². The van der Waals surface area contributed by atoms with Gasteiger partial charge in [0.15, 0.2) is 0 Å². The lowest BCUT2D eigenvalue weighted by atomic mass is 10.2. The van der Waals surface area contributed by atoms with Crippen molar-refractivity contribution in [1.29, 1.82) is 0 Å². The van der Waals surface area contributed by atoms with Gasteiger partial charge in [-0.2, -0.15) is 0 Å². The summed E-state index contributed by atoms with van der Waals surface area (Å²) in [6, 6.07) is 7.37. The standard InChI is InChI=1S/C14H18N2O3/c1-10-3-2-4-11(9-10)19-8-7-15-14(18)12-5-6-13(17)16-12/h2-4,9,12H,5-8H2,1H3,(H,15,18)(H,16,17). The molecule has 19 heavy (non-hydrogen) atoms. The van der Waals surface area contributed by atoms with Crippen molar-refractivity contribution in [3.63, 3.8) is 0 Å². The second kappa shape index (κ2) is 6.22. The number of hydrogen-bond donors (Lipinski definition) is 2. The van der Waals surface area contributed by atoms with E-state index in [4.69, 9.17) is 4.74 Å². The fourth-order valence-corrected chi connectivity index (χ4v) is 1.98. The first-order valence-electron chi connectivity index (χ1n) is 6.42. The van der Waals surface area contributed by atoms with E-state index in [0.717, 1.165) is 11.3 Å². The van der Waals surface area contributed by atoms with Crippen LogP contribution in [0.4, 0.5) is 0 Å². The van der Waals surface area contributed by atoms with Crippen LogP contribution in [0.3, 0.4) is 0 Å². The highest BCUT2D eigenvalue weighted by Crippen LogP contribution is 2.11. The van der Waals surface area contributed by atoms with E-state index >= 15 is 0 Å². The van der Waals surface area contributed by atoms with Crippen molar-refractivity contribution in [2.75, 3.05) is 13.2 Å². The van der Waals surface area contributed by atoms with Crippen molar-refractivity contribution in [3.05, 3.63) is 29.8 Å². The number of aryl methyl sites for hydroxylation is 1. The summed E-state index contributed by atoms with van der Waals surface area (Å²) in [5.41, 5.74) is 1.13. The van der Waals surface area contributed by atoms with Gasteiger partial charge in [0.1, 0.15) is 18.4 Å². The molecular formula is C14H18N2O3. The highest BCUT2D eigenvalue weighted by Gasteiger charge is 2.26. The Labute approximate surface area is 112 Å². The van der Waals surface area contributed by atoms with Crippen LogP contribution in [0, 0.1) is 6.92 Å². The smallest absolute Gasteiger partial charge is 0.242 e. The number of benzene rings is 1. The quantitative estimate of drug-likeness (QED) is 0.770. The first-order chi connectivity index (χ1) is 9.15.